The fourth-order valence-electron chi connectivity index (χ4n) is 5.13. The summed E-state index contributed by atoms with van der Waals surface area (Å²) in [7, 11) is 0. The Labute approximate surface area is 178 Å². The molecule has 1 N–H and O–H groups in total. The molecule has 3 aliphatic rings. The second-order valence-electron chi connectivity index (χ2n) is 9.01. The van der Waals surface area contributed by atoms with Crippen molar-refractivity contribution in [2.24, 2.45) is 11.8 Å². The van der Waals surface area contributed by atoms with Gasteiger partial charge in [0.1, 0.15) is 0 Å². The molecule has 1 aliphatic carbocycles. The number of hydrogen-bond donors (Lipinski definition) is 1. The van der Waals surface area contributed by atoms with Gasteiger partial charge in [0.2, 0.25) is 5.91 Å². The third kappa shape index (κ3) is 3.92. The minimum Gasteiger partial charge on any atom is -0.372 e. The number of carbonyl (C=O) groups is 1. The fraction of sp³-hybridized carbons (Fsp3) is 0.480. The Morgan fingerprint density at radius 1 is 1.07 bits per heavy atom. The minimum atomic E-state index is 0.168. The largest absolute Gasteiger partial charge is 0.372 e. The lowest BCUT2D eigenvalue weighted by Crippen LogP contribution is -2.27. The van der Waals surface area contributed by atoms with Gasteiger partial charge in [0.25, 0.3) is 0 Å². The van der Waals surface area contributed by atoms with Crippen LogP contribution in [0.2, 0.25) is 0 Å². The molecule has 2 aliphatic heterocycles. The number of carbonyl (C=O) groups excluding carboxylic acids is 1. The van der Waals surface area contributed by atoms with Crippen molar-refractivity contribution in [1.82, 2.24) is 0 Å². The van der Waals surface area contributed by atoms with Gasteiger partial charge in [-0.25, -0.2) is 0 Å². The molecule has 2 aromatic rings. The summed E-state index contributed by atoms with van der Waals surface area (Å²) >= 11 is 1.85. The van der Waals surface area contributed by atoms with Crippen molar-refractivity contribution in [2.75, 3.05) is 23.3 Å². The van der Waals surface area contributed by atoms with E-state index in [9.17, 15) is 4.79 Å². The van der Waals surface area contributed by atoms with Gasteiger partial charge >= 0.3 is 0 Å². The summed E-state index contributed by atoms with van der Waals surface area (Å²) in [5, 5.41) is 3.29. The van der Waals surface area contributed by atoms with E-state index in [2.05, 4.69) is 53.5 Å². The van der Waals surface area contributed by atoms with Crippen molar-refractivity contribution in [3.05, 3.63) is 47.5 Å². The lowest BCUT2D eigenvalue weighted by atomic mass is 9.82. The quantitative estimate of drug-likeness (QED) is 0.570. The number of benzene rings is 2. The second-order valence-corrected chi connectivity index (χ2v) is 10.1. The van der Waals surface area contributed by atoms with Crippen LogP contribution in [0.4, 0.5) is 11.4 Å². The molecule has 2 atom stereocenters. The van der Waals surface area contributed by atoms with Crippen molar-refractivity contribution < 1.29 is 4.79 Å². The van der Waals surface area contributed by atoms with Gasteiger partial charge in [-0.05, 0) is 67.0 Å². The van der Waals surface area contributed by atoms with E-state index < -0.39 is 0 Å². The van der Waals surface area contributed by atoms with E-state index in [1.807, 2.05) is 11.8 Å². The molecule has 2 aromatic carbocycles. The molecule has 0 spiro atoms. The summed E-state index contributed by atoms with van der Waals surface area (Å²) < 4.78 is 0. The predicted molar refractivity (Wildman–Crippen MR) is 121 cm³/mol. The van der Waals surface area contributed by atoms with Crippen LogP contribution in [0.25, 0.3) is 0 Å². The number of anilines is 2. The molecule has 0 bridgehead atoms. The Morgan fingerprint density at radius 2 is 1.93 bits per heavy atom. The monoisotopic (exact) mass is 406 g/mol. The fourth-order valence-corrected chi connectivity index (χ4v) is 6.27. The highest BCUT2D eigenvalue weighted by Gasteiger charge is 2.27. The zero-order valence-electron chi connectivity index (χ0n) is 17.2. The van der Waals surface area contributed by atoms with Crippen LogP contribution < -0.4 is 10.2 Å². The molecular weight excluding hydrogens is 376 g/mol. The lowest BCUT2D eigenvalue weighted by molar-refractivity contribution is -0.121. The molecule has 1 saturated heterocycles. The van der Waals surface area contributed by atoms with Crippen LogP contribution in [0.3, 0.4) is 0 Å². The summed E-state index contributed by atoms with van der Waals surface area (Å²) in [5.41, 5.74) is 5.01. The highest BCUT2D eigenvalue weighted by Crippen LogP contribution is 2.44. The van der Waals surface area contributed by atoms with Crippen LogP contribution >= 0.6 is 11.8 Å². The van der Waals surface area contributed by atoms with Crippen molar-refractivity contribution in [1.29, 1.82) is 0 Å². The predicted octanol–water partition coefficient (Wildman–Crippen LogP) is 6.11. The van der Waals surface area contributed by atoms with Gasteiger partial charge in [0.15, 0.2) is 0 Å². The molecule has 29 heavy (non-hydrogen) atoms. The molecule has 152 valence electrons. The zero-order valence-corrected chi connectivity index (χ0v) is 18.1. The molecule has 3 nitrogen and oxygen atoms in total. The van der Waals surface area contributed by atoms with Crippen LogP contribution in [-0.4, -0.2) is 19.0 Å². The number of nitrogens with zero attached hydrogens (tertiary/aromatic N) is 1. The lowest BCUT2D eigenvalue weighted by Gasteiger charge is -2.27. The highest BCUT2D eigenvalue weighted by atomic mass is 32.2. The maximum absolute atomic E-state index is 12.9. The van der Waals surface area contributed by atoms with E-state index in [1.54, 1.807) is 0 Å². The van der Waals surface area contributed by atoms with Gasteiger partial charge in [0.05, 0.1) is 0 Å². The topological polar surface area (TPSA) is 32.3 Å². The van der Waals surface area contributed by atoms with Crippen LogP contribution in [-0.2, 0) is 11.2 Å². The molecule has 4 heteroatoms. The summed E-state index contributed by atoms with van der Waals surface area (Å²) in [6, 6.07) is 13.3. The van der Waals surface area contributed by atoms with Crippen LogP contribution in [0.5, 0.6) is 0 Å². The van der Waals surface area contributed by atoms with Gasteiger partial charge in [-0.15, -0.1) is 0 Å². The van der Waals surface area contributed by atoms with E-state index >= 15 is 0 Å². The Bertz CT molecular complexity index is 919. The van der Waals surface area contributed by atoms with Crippen LogP contribution in [0.15, 0.2) is 46.2 Å². The highest BCUT2D eigenvalue weighted by molar-refractivity contribution is 7.99. The van der Waals surface area contributed by atoms with Crippen molar-refractivity contribution in [3.8, 4) is 0 Å². The third-order valence-corrected chi connectivity index (χ3v) is 8.01. The molecule has 2 heterocycles. The molecule has 1 amide bonds. The van der Waals surface area contributed by atoms with Crippen molar-refractivity contribution in [3.63, 3.8) is 0 Å². The average molecular weight is 407 g/mol. The van der Waals surface area contributed by atoms with Gasteiger partial charge < -0.3 is 10.2 Å². The summed E-state index contributed by atoms with van der Waals surface area (Å²) in [4.78, 5) is 18.1. The van der Waals surface area contributed by atoms with Gasteiger partial charge in [-0.3, -0.25) is 4.79 Å². The second kappa shape index (κ2) is 8.06. The van der Waals surface area contributed by atoms with E-state index in [4.69, 9.17) is 0 Å². The molecule has 2 fully saturated rings. The SMILES string of the molecule is CC1CCCC(C(=O)Nc2cccc3c2Cc2ccc(N4CCCC4)cc2S3)C1. The first-order valence-electron chi connectivity index (χ1n) is 11.2. The Kier molecular flexibility index (Phi) is 5.29. The first-order valence-corrected chi connectivity index (χ1v) is 12.0. The first-order chi connectivity index (χ1) is 14.2. The van der Waals surface area contributed by atoms with Gasteiger partial charge in [-0.1, -0.05) is 43.7 Å². The van der Waals surface area contributed by atoms with E-state index in [0.717, 1.165) is 24.9 Å². The Balaban J connectivity index is 1.36. The molecule has 2 unspecified atom stereocenters. The summed E-state index contributed by atoms with van der Waals surface area (Å²) in [5.74, 6) is 1.04. The van der Waals surface area contributed by atoms with Gasteiger partial charge in [-0.2, -0.15) is 0 Å². The summed E-state index contributed by atoms with van der Waals surface area (Å²) in [6.07, 6.45) is 7.99. The van der Waals surface area contributed by atoms with Crippen molar-refractivity contribution in [2.45, 2.75) is 61.7 Å². The molecule has 0 radical (unpaired) electrons. The molecule has 0 aromatic heterocycles. The maximum Gasteiger partial charge on any atom is 0.227 e. The third-order valence-electron chi connectivity index (χ3n) is 6.81. The first kappa shape index (κ1) is 19.0. The maximum atomic E-state index is 12.9. The Morgan fingerprint density at radius 3 is 2.76 bits per heavy atom. The van der Waals surface area contributed by atoms with Crippen LogP contribution in [0.1, 0.15) is 56.6 Å². The molecular formula is C25H30N2OS. The Hall–Kier alpha value is -1.94. The van der Waals surface area contributed by atoms with E-state index in [1.165, 1.54) is 65.4 Å². The van der Waals surface area contributed by atoms with E-state index in [0.29, 0.717) is 5.92 Å². The summed E-state index contributed by atoms with van der Waals surface area (Å²) in [6.45, 7) is 4.62. The standard InChI is InChI=1S/C25H30N2OS/c1-17-6-4-7-19(14-17)25(28)26-22-8-5-9-23-21(22)15-18-10-11-20(16-24(18)29-23)27-12-2-3-13-27/h5,8-11,16-17,19H,2-4,6-7,12-15H2,1H3,(H,26,28). The number of rotatable bonds is 3. The number of amides is 1. The minimum absolute atomic E-state index is 0.168. The molecule has 5 rings (SSSR count). The zero-order chi connectivity index (χ0) is 19.8. The number of nitrogens with one attached hydrogen (secondary N) is 1. The molecule has 1 saturated carbocycles. The van der Waals surface area contributed by atoms with E-state index in [-0.39, 0.29) is 11.8 Å². The van der Waals surface area contributed by atoms with Gasteiger partial charge in [0, 0.05) is 46.6 Å². The number of fused-ring (bicyclic) bond motifs is 2. The smallest absolute Gasteiger partial charge is 0.227 e. The normalized spacial score (nSPS) is 23.4. The van der Waals surface area contributed by atoms with Crippen molar-refractivity contribution >= 4 is 29.0 Å². The number of hydrogen-bond acceptors (Lipinski definition) is 3. The average Bonchev–Trinajstić information content (AvgIpc) is 3.27. The van der Waals surface area contributed by atoms with Crippen LogP contribution in [0, 0.1) is 11.8 Å².